The van der Waals surface area contributed by atoms with Crippen LogP contribution in [0.3, 0.4) is 0 Å². The molecular weight excluding hydrogens is 228 g/mol. The first-order chi connectivity index (χ1) is 8.40. The number of rotatable bonds is 6. The van der Waals surface area contributed by atoms with E-state index in [9.17, 15) is 4.79 Å². The van der Waals surface area contributed by atoms with Crippen LogP contribution < -0.4 is 5.32 Å². The highest BCUT2D eigenvalue weighted by atomic mass is 16.5. The van der Waals surface area contributed by atoms with Crippen molar-refractivity contribution < 1.29 is 9.53 Å². The van der Waals surface area contributed by atoms with Crippen LogP contribution in [0.2, 0.25) is 0 Å². The minimum Gasteiger partial charge on any atom is -0.380 e. The Labute approximate surface area is 111 Å². The molecule has 0 bridgehead atoms. The molecule has 0 spiro atoms. The molecular formula is C14H28N2O2. The molecule has 3 atom stereocenters. The molecule has 1 aliphatic rings. The Morgan fingerprint density at radius 1 is 1.22 bits per heavy atom. The molecule has 0 aliphatic carbocycles. The number of carbonyl (C=O) groups is 1. The van der Waals surface area contributed by atoms with Crippen LogP contribution in [0.5, 0.6) is 0 Å². The van der Waals surface area contributed by atoms with Crippen LogP contribution in [0.25, 0.3) is 0 Å². The fraction of sp³-hybridized carbons (Fsp3) is 0.929. The highest BCUT2D eigenvalue weighted by molar-refractivity contribution is 5.85. The SMILES string of the molecule is CCOCC(C)N1C(=O)C(C(C)C)NC1C(C)C. The van der Waals surface area contributed by atoms with Crippen molar-refractivity contribution >= 4 is 5.91 Å². The van der Waals surface area contributed by atoms with E-state index in [1.807, 2.05) is 11.8 Å². The van der Waals surface area contributed by atoms with Crippen molar-refractivity contribution in [2.24, 2.45) is 11.8 Å². The predicted molar refractivity (Wildman–Crippen MR) is 73.2 cm³/mol. The third kappa shape index (κ3) is 3.23. The van der Waals surface area contributed by atoms with Gasteiger partial charge < -0.3 is 9.64 Å². The second kappa shape index (κ2) is 6.53. The molecule has 0 aromatic rings. The van der Waals surface area contributed by atoms with Gasteiger partial charge in [0.1, 0.15) is 0 Å². The molecule has 1 aliphatic heterocycles. The van der Waals surface area contributed by atoms with Gasteiger partial charge in [0.05, 0.1) is 24.9 Å². The lowest BCUT2D eigenvalue weighted by atomic mass is 10.0. The number of nitrogens with one attached hydrogen (secondary N) is 1. The quantitative estimate of drug-likeness (QED) is 0.788. The number of amides is 1. The first kappa shape index (κ1) is 15.4. The first-order valence-electron chi connectivity index (χ1n) is 7.06. The molecule has 0 aromatic heterocycles. The number of nitrogens with zero attached hydrogens (tertiary/aromatic N) is 1. The van der Waals surface area contributed by atoms with Crippen LogP contribution in [0.4, 0.5) is 0 Å². The van der Waals surface area contributed by atoms with Crippen molar-refractivity contribution in [2.45, 2.75) is 59.8 Å². The average Bonchev–Trinajstić information content (AvgIpc) is 2.64. The minimum atomic E-state index is -0.0542. The van der Waals surface area contributed by atoms with Crippen LogP contribution >= 0.6 is 0 Å². The molecule has 1 N–H and O–H groups in total. The summed E-state index contributed by atoms with van der Waals surface area (Å²) in [4.78, 5) is 14.5. The summed E-state index contributed by atoms with van der Waals surface area (Å²) in [5.74, 6) is 0.945. The zero-order chi connectivity index (χ0) is 13.9. The fourth-order valence-electron chi connectivity index (χ4n) is 2.48. The summed E-state index contributed by atoms with van der Waals surface area (Å²) in [6.07, 6.45) is 0.125. The van der Waals surface area contributed by atoms with Crippen LogP contribution in [0.15, 0.2) is 0 Å². The summed E-state index contributed by atoms with van der Waals surface area (Å²) in [5, 5.41) is 3.47. The molecule has 3 unspecified atom stereocenters. The smallest absolute Gasteiger partial charge is 0.241 e. The van der Waals surface area contributed by atoms with E-state index in [1.165, 1.54) is 0 Å². The number of ether oxygens (including phenoxy) is 1. The van der Waals surface area contributed by atoms with Gasteiger partial charge in [-0.05, 0) is 25.7 Å². The molecule has 18 heavy (non-hydrogen) atoms. The highest BCUT2D eigenvalue weighted by Crippen LogP contribution is 2.24. The molecule has 1 heterocycles. The molecule has 4 nitrogen and oxygen atoms in total. The average molecular weight is 256 g/mol. The summed E-state index contributed by atoms with van der Waals surface area (Å²) >= 11 is 0. The fourth-order valence-corrected chi connectivity index (χ4v) is 2.48. The summed E-state index contributed by atoms with van der Waals surface area (Å²) < 4.78 is 5.46. The van der Waals surface area contributed by atoms with E-state index in [4.69, 9.17) is 4.74 Å². The first-order valence-corrected chi connectivity index (χ1v) is 7.06. The lowest BCUT2D eigenvalue weighted by Crippen LogP contribution is -2.47. The Hall–Kier alpha value is -0.610. The number of carbonyl (C=O) groups excluding carboxylic acids is 1. The molecule has 1 amide bonds. The predicted octanol–water partition coefficient (Wildman–Crippen LogP) is 1.85. The van der Waals surface area contributed by atoms with Gasteiger partial charge in [-0.2, -0.15) is 0 Å². The Morgan fingerprint density at radius 3 is 2.28 bits per heavy atom. The largest absolute Gasteiger partial charge is 0.380 e. The molecule has 0 aromatic carbocycles. The lowest BCUT2D eigenvalue weighted by Gasteiger charge is -2.32. The highest BCUT2D eigenvalue weighted by Gasteiger charge is 2.43. The van der Waals surface area contributed by atoms with Crippen molar-refractivity contribution in [3.63, 3.8) is 0 Å². The van der Waals surface area contributed by atoms with Gasteiger partial charge in [0.25, 0.3) is 0 Å². The Morgan fingerprint density at radius 2 is 1.83 bits per heavy atom. The van der Waals surface area contributed by atoms with Crippen LogP contribution in [-0.2, 0) is 9.53 Å². The van der Waals surface area contributed by atoms with Gasteiger partial charge >= 0.3 is 0 Å². The summed E-state index contributed by atoms with van der Waals surface area (Å²) in [7, 11) is 0. The van der Waals surface area contributed by atoms with Crippen molar-refractivity contribution in [3.8, 4) is 0 Å². The lowest BCUT2D eigenvalue weighted by molar-refractivity contribution is -0.134. The van der Waals surface area contributed by atoms with E-state index in [2.05, 4.69) is 39.9 Å². The molecule has 0 saturated carbocycles. The molecule has 1 rings (SSSR count). The summed E-state index contributed by atoms with van der Waals surface area (Å²) in [6, 6.07) is 0.0718. The van der Waals surface area contributed by atoms with E-state index in [-0.39, 0.29) is 24.2 Å². The molecule has 106 valence electrons. The zero-order valence-corrected chi connectivity index (χ0v) is 12.6. The maximum atomic E-state index is 12.5. The van der Waals surface area contributed by atoms with Gasteiger partial charge in [-0.15, -0.1) is 0 Å². The van der Waals surface area contributed by atoms with E-state index < -0.39 is 0 Å². The summed E-state index contributed by atoms with van der Waals surface area (Å²) in [5.41, 5.74) is 0. The molecule has 0 radical (unpaired) electrons. The molecule has 4 heteroatoms. The maximum Gasteiger partial charge on any atom is 0.241 e. The van der Waals surface area contributed by atoms with Crippen LogP contribution in [-0.4, -0.2) is 42.3 Å². The Kier molecular flexibility index (Phi) is 5.60. The zero-order valence-electron chi connectivity index (χ0n) is 12.6. The van der Waals surface area contributed by atoms with Gasteiger partial charge in [0.15, 0.2) is 0 Å². The number of hydrogen-bond donors (Lipinski definition) is 1. The maximum absolute atomic E-state index is 12.5. The van der Waals surface area contributed by atoms with Gasteiger partial charge in [0, 0.05) is 6.61 Å². The monoisotopic (exact) mass is 256 g/mol. The summed E-state index contributed by atoms with van der Waals surface area (Å²) in [6.45, 7) is 13.8. The van der Waals surface area contributed by atoms with Crippen LogP contribution in [0.1, 0.15) is 41.5 Å². The number of hydrogen-bond acceptors (Lipinski definition) is 3. The van der Waals surface area contributed by atoms with Crippen LogP contribution in [0, 0.1) is 11.8 Å². The minimum absolute atomic E-state index is 0.0542. The Balaban J connectivity index is 2.80. The molecule has 1 fully saturated rings. The van der Waals surface area contributed by atoms with E-state index >= 15 is 0 Å². The van der Waals surface area contributed by atoms with Gasteiger partial charge in [-0.25, -0.2) is 0 Å². The van der Waals surface area contributed by atoms with Crippen molar-refractivity contribution in [3.05, 3.63) is 0 Å². The third-order valence-electron chi connectivity index (χ3n) is 3.51. The van der Waals surface area contributed by atoms with Gasteiger partial charge in [-0.3, -0.25) is 10.1 Å². The van der Waals surface area contributed by atoms with Gasteiger partial charge in [0.2, 0.25) is 5.91 Å². The third-order valence-corrected chi connectivity index (χ3v) is 3.51. The van der Waals surface area contributed by atoms with Crippen molar-refractivity contribution in [1.82, 2.24) is 10.2 Å². The van der Waals surface area contributed by atoms with E-state index in [0.717, 1.165) is 0 Å². The Bertz CT molecular complexity index is 279. The second-order valence-electron chi connectivity index (χ2n) is 5.83. The standard InChI is InChI=1S/C14H28N2O2/c1-7-18-8-11(6)16-13(10(4)5)15-12(9(2)3)14(16)17/h9-13,15H,7-8H2,1-6H3. The normalized spacial score (nSPS) is 26.4. The van der Waals surface area contributed by atoms with Crippen molar-refractivity contribution in [1.29, 1.82) is 0 Å². The molecule has 1 saturated heterocycles. The van der Waals surface area contributed by atoms with E-state index in [1.54, 1.807) is 0 Å². The second-order valence-corrected chi connectivity index (χ2v) is 5.83. The van der Waals surface area contributed by atoms with E-state index in [0.29, 0.717) is 25.0 Å². The van der Waals surface area contributed by atoms with Gasteiger partial charge in [-0.1, -0.05) is 27.7 Å². The topological polar surface area (TPSA) is 41.6 Å². The van der Waals surface area contributed by atoms with Crippen molar-refractivity contribution in [2.75, 3.05) is 13.2 Å².